The Morgan fingerprint density at radius 3 is 2.67 bits per heavy atom. The molecule has 1 N–H and O–H groups in total. The highest BCUT2D eigenvalue weighted by atomic mass is 35.5. The lowest BCUT2D eigenvalue weighted by molar-refractivity contribution is -0.123. The van der Waals surface area contributed by atoms with E-state index in [1.807, 2.05) is 43.3 Å². The Morgan fingerprint density at radius 2 is 1.95 bits per heavy atom. The molecule has 2 rings (SSSR count). The predicted molar refractivity (Wildman–Crippen MR) is 84.7 cm³/mol. The van der Waals surface area contributed by atoms with Crippen molar-refractivity contribution in [2.75, 3.05) is 18.7 Å². The van der Waals surface area contributed by atoms with Crippen LogP contribution in [-0.4, -0.2) is 19.6 Å². The van der Waals surface area contributed by atoms with Crippen LogP contribution in [0.4, 0.5) is 5.69 Å². The van der Waals surface area contributed by atoms with Crippen molar-refractivity contribution in [3.8, 4) is 5.75 Å². The first-order chi connectivity index (χ1) is 10.1. The van der Waals surface area contributed by atoms with Crippen molar-refractivity contribution >= 4 is 23.2 Å². The van der Waals surface area contributed by atoms with Crippen molar-refractivity contribution in [2.45, 2.75) is 6.92 Å². The minimum absolute atomic E-state index is 0.0969. The molecule has 0 saturated heterocycles. The summed E-state index contributed by atoms with van der Waals surface area (Å²) in [6.45, 7) is 1.84. The van der Waals surface area contributed by atoms with E-state index in [1.165, 1.54) is 0 Å². The molecule has 0 aliphatic heterocycles. The van der Waals surface area contributed by atoms with Crippen molar-refractivity contribution in [1.29, 1.82) is 0 Å². The summed E-state index contributed by atoms with van der Waals surface area (Å²) in [5, 5.41) is 2.13. The number of nitrogens with one attached hydrogen (secondary N) is 1. The number of nitrogens with zero attached hydrogens (tertiary/aromatic N) is 1. The van der Waals surface area contributed by atoms with Crippen molar-refractivity contribution < 1.29 is 9.53 Å². The largest absolute Gasteiger partial charge is 0.482 e. The third-order valence-corrected chi connectivity index (χ3v) is 3.19. The first-order valence-electron chi connectivity index (χ1n) is 6.53. The summed E-state index contributed by atoms with van der Waals surface area (Å²) in [4.78, 5) is 11.9. The van der Waals surface area contributed by atoms with Crippen molar-refractivity contribution in [2.24, 2.45) is 0 Å². The van der Waals surface area contributed by atoms with Gasteiger partial charge in [0.2, 0.25) is 0 Å². The fourth-order valence-corrected chi connectivity index (χ4v) is 1.97. The summed E-state index contributed by atoms with van der Waals surface area (Å²) >= 11 is 6.01. The minimum atomic E-state index is -0.251. The summed E-state index contributed by atoms with van der Waals surface area (Å²) in [7, 11) is 1.77. The fraction of sp³-hybridized carbons (Fsp3) is 0.188. The average molecular weight is 305 g/mol. The van der Waals surface area contributed by atoms with E-state index in [4.69, 9.17) is 16.3 Å². The number of benzene rings is 2. The molecule has 0 fully saturated rings. The Labute approximate surface area is 129 Å². The Morgan fingerprint density at radius 1 is 1.24 bits per heavy atom. The molecule has 2 aromatic carbocycles. The number of rotatable bonds is 5. The number of ether oxygens (including phenoxy) is 1. The van der Waals surface area contributed by atoms with E-state index in [0.717, 1.165) is 11.3 Å². The van der Waals surface area contributed by atoms with Gasteiger partial charge in [0.15, 0.2) is 6.61 Å². The smallest absolute Gasteiger partial charge is 0.276 e. The Balaban J connectivity index is 1.89. The van der Waals surface area contributed by atoms with Crippen LogP contribution < -0.4 is 15.2 Å². The van der Waals surface area contributed by atoms with Gasteiger partial charge in [0, 0.05) is 7.05 Å². The molecule has 4 nitrogen and oxygen atoms in total. The van der Waals surface area contributed by atoms with Crippen molar-refractivity contribution in [3.05, 3.63) is 59.1 Å². The van der Waals surface area contributed by atoms with Gasteiger partial charge in [0.1, 0.15) is 5.75 Å². The summed E-state index contributed by atoms with van der Waals surface area (Å²) in [6, 6.07) is 15.0. The highest BCUT2D eigenvalue weighted by molar-refractivity contribution is 6.32. The lowest BCUT2D eigenvalue weighted by Crippen LogP contribution is -2.41. The van der Waals surface area contributed by atoms with E-state index < -0.39 is 0 Å². The van der Waals surface area contributed by atoms with Gasteiger partial charge in [-0.3, -0.25) is 15.2 Å². The quantitative estimate of drug-likeness (QED) is 0.863. The number of halogens is 1. The maximum Gasteiger partial charge on any atom is 0.276 e. The number of amides is 1. The average Bonchev–Trinajstić information content (AvgIpc) is 2.49. The van der Waals surface area contributed by atoms with Crippen molar-refractivity contribution in [3.63, 3.8) is 0 Å². The molecule has 0 aliphatic carbocycles. The third kappa shape index (κ3) is 4.39. The molecule has 1 amide bonds. The molecule has 0 saturated carbocycles. The highest BCUT2D eigenvalue weighted by Crippen LogP contribution is 2.25. The number of aryl methyl sites for hydroxylation is 1. The van der Waals surface area contributed by atoms with E-state index >= 15 is 0 Å². The standard InChI is InChI=1S/C16H17ClN2O2/c1-12-8-9-14(17)15(10-12)21-11-16(20)18-19(2)13-6-4-3-5-7-13/h3-10H,11H2,1-2H3,(H,18,20). The molecule has 0 unspecified atom stereocenters. The van der Waals surface area contributed by atoms with Crippen LogP contribution in [0.3, 0.4) is 0 Å². The van der Waals surface area contributed by atoms with Gasteiger partial charge < -0.3 is 4.74 Å². The van der Waals surface area contributed by atoms with E-state index in [2.05, 4.69) is 5.43 Å². The molecule has 2 aromatic rings. The SMILES string of the molecule is Cc1ccc(Cl)c(OCC(=O)NN(C)c2ccccc2)c1. The van der Waals surface area contributed by atoms with E-state index in [-0.39, 0.29) is 12.5 Å². The molecular formula is C16H17ClN2O2. The van der Waals surface area contributed by atoms with Crippen LogP contribution in [0.15, 0.2) is 48.5 Å². The Kier molecular flexibility index (Phi) is 5.06. The summed E-state index contributed by atoms with van der Waals surface area (Å²) < 4.78 is 5.45. The summed E-state index contributed by atoms with van der Waals surface area (Å²) in [5.74, 6) is 0.258. The first-order valence-corrected chi connectivity index (χ1v) is 6.91. The lowest BCUT2D eigenvalue weighted by Gasteiger charge is -2.20. The van der Waals surface area contributed by atoms with Crippen molar-refractivity contribution in [1.82, 2.24) is 5.43 Å². The van der Waals surface area contributed by atoms with Crippen LogP contribution in [0.2, 0.25) is 5.02 Å². The van der Waals surface area contributed by atoms with Crippen LogP contribution in [0, 0.1) is 6.92 Å². The molecule has 0 spiro atoms. The number of para-hydroxylation sites is 1. The van der Waals surface area contributed by atoms with Gasteiger partial charge in [-0.1, -0.05) is 35.9 Å². The van der Waals surface area contributed by atoms with Crippen LogP contribution in [-0.2, 0) is 4.79 Å². The number of carbonyl (C=O) groups excluding carboxylic acids is 1. The minimum Gasteiger partial charge on any atom is -0.482 e. The van der Waals surface area contributed by atoms with E-state index in [1.54, 1.807) is 24.2 Å². The second-order valence-electron chi connectivity index (χ2n) is 4.65. The van der Waals surface area contributed by atoms with E-state index in [9.17, 15) is 4.79 Å². The van der Waals surface area contributed by atoms with Gasteiger partial charge >= 0.3 is 0 Å². The zero-order chi connectivity index (χ0) is 15.2. The molecule has 0 radical (unpaired) electrons. The molecule has 21 heavy (non-hydrogen) atoms. The lowest BCUT2D eigenvalue weighted by atomic mass is 10.2. The molecule has 5 heteroatoms. The monoisotopic (exact) mass is 304 g/mol. The van der Waals surface area contributed by atoms with Crippen LogP contribution in [0.25, 0.3) is 0 Å². The van der Waals surface area contributed by atoms with Crippen LogP contribution in [0.1, 0.15) is 5.56 Å². The second-order valence-corrected chi connectivity index (χ2v) is 5.06. The van der Waals surface area contributed by atoms with Gasteiger partial charge in [-0.25, -0.2) is 0 Å². The molecule has 0 heterocycles. The summed E-state index contributed by atoms with van der Waals surface area (Å²) in [5.41, 5.74) is 4.64. The zero-order valence-electron chi connectivity index (χ0n) is 12.0. The first kappa shape index (κ1) is 15.2. The van der Waals surface area contributed by atoms with Gasteiger partial charge in [0.05, 0.1) is 10.7 Å². The van der Waals surface area contributed by atoms with Crippen LogP contribution in [0.5, 0.6) is 5.75 Å². The molecule has 110 valence electrons. The molecular weight excluding hydrogens is 288 g/mol. The number of hydrogen-bond donors (Lipinski definition) is 1. The molecule has 0 bridgehead atoms. The van der Waals surface area contributed by atoms with Gasteiger partial charge in [0.25, 0.3) is 5.91 Å². The number of hydrogen-bond acceptors (Lipinski definition) is 3. The normalized spacial score (nSPS) is 10.0. The van der Waals surface area contributed by atoms with Gasteiger partial charge in [-0.05, 0) is 36.8 Å². The number of anilines is 1. The molecule has 0 atom stereocenters. The molecule has 0 aliphatic rings. The number of hydrazine groups is 1. The Hall–Kier alpha value is -2.20. The molecule has 0 aromatic heterocycles. The second kappa shape index (κ2) is 6.99. The van der Waals surface area contributed by atoms with Gasteiger partial charge in [-0.15, -0.1) is 0 Å². The maximum atomic E-state index is 11.9. The predicted octanol–water partition coefficient (Wildman–Crippen LogP) is 3.19. The highest BCUT2D eigenvalue weighted by Gasteiger charge is 2.08. The third-order valence-electron chi connectivity index (χ3n) is 2.88. The zero-order valence-corrected chi connectivity index (χ0v) is 12.7. The van der Waals surface area contributed by atoms with Crippen LogP contribution >= 0.6 is 11.6 Å². The van der Waals surface area contributed by atoms with Gasteiger partial charge in [-0.2, -0.15) is 0 Å². The topological polar surface area (TPSA) is 41.6 Å². The Bertz CT molecular complexity index is 617. The fourth-order valence-electron chi connectivity index (χ4n) is 1.80. The van der Waals surface area contributed by atoms with E-state index in [0.29, 0.717) is 10.8 Å². The summed E-state index contributed by atoms with van der Waals surface area (Å²) in [6.07, 6.45) is 0. The maximum absolute atomic E-state index is 11.9. The number of carbonyl (C=O) groups is 1.